The van der Waals surface area contributed by atoms with Crippen molar-refractivity contribution in [2.45, 2.75) is 24.9 Å². The minimum absolute atomic E-state index is 0.191. The molecule has 0 radical (unpaired) electrons. The van der Waals surface area contributed by atoms with E-state index in [0.29, 0.717) is 12.6 Å². The summed E-state index contributed by atoms with van der Waals surface area (Å²) in [6, 6.07) is 7.31. The summed E-state index contributed by atoms with van der Waals surface area (Å²) in [6.45, 7) is 0.690. The van der Waals surface area contributed by atoms with Gasteiger partial charge in [0.15, 0.2) is 0 Å². The van der Waals surface area contributed by atoms with Crippen LogP contribution in [0.2, 0.25) is 0 Å². The number of halogens is 1. The SMILES string of the molecule is NCCC1CC(c2ccc(F)cc2)NN1. The summed E-state index contributed by atoms with van der Waals surface area (Å²) in [5.41, 5.74) is 13.0. The summed E-state index contributed by atoms with van der Waals surface area (Å²) in [4.78, 5) is 0. The lowest BCUT2D eigenvalue weighted by molar-refractivity contribution is 0.521. The summed E-state index contributed by atoms with van der Waals surface area (Å²) in [6.07, 6.45) is 1.97. The Labute approximate surface area is 88.8 Å². The average Bonchev–Trinajstić information content (AvgIpc) is 2.68. The molecule has 3 nitrogen and oxygen atoms in total. The normalized spacial score (nSPS) is 25.7. The Hall–Kier alpha value is -0.970. The van der Waals surface area contributed by atoms with E-state index in [2.05, 4.69) is 10.9 Å². The van der Waals surface area contributed by atoms with E-state index >= 15 is 0 Å². The van der Waals surface area contributed by atoms with Crippen LogP contribution in [-0.2, 0) is 0 Å². The highest BCUT2D eigenvalue weighted by Crippen LogP contribution is 2.23. The molecule has 1 heterocycles. The van der Waals surface area contributed by atoms with Crippen LogP contribution in [0, 0.1) is 5.82 Å². The zero-order valence-corrected chi connectivity index (χ0v) is 8.54. The van der Waals surface area contributed by atoms with E-state index in [9.17, 15) is 4.39 Å². The van der Waals surface area contributed by atoms with Gasteiger partial charge in [-0.05, 0) is 37.1 Å². The summed E-state index contributed by atoms with van der Waals surface area (Å²) in [5, 5.41) is 0. The molecule has 2 unspecified atom stereocenters. The number of hydrogen-bond donors (Lipinski definition) is 3. The molecule has 1 aliphatic heterocycles. The lowest BCUT2D eigenvalue weighted by atomic mass is 10.0. The summed E-state index contributed by atoms with van der Waals surface area (Å²) in [5.74, 6) is -0.191. The van der Waals surface area contributed by atoms with E-state index in [1.807, 2.05) is 12.1 Å². The molecule has 1 aromatic rings. The molecule has 1 aromatic carbocycles. The number of hydrazine groups is 1. The minimum atomic E-state index is -0.191. The molecule has 0 amide bonds. The molecule has 1 saturated heterocycles. The maximum absolute atomic E-state index is 12.7. The van der Waals surface area contributed by atoms with Crippen LogP contribution >= 0.6 is 0 Å². The Morgan fingerprint density at radius 3 is 2.67 bits per heavy atom. The van der Waals surface area contributed by atoms with Crippen molar-refractivity contribution in [1.29, 1.82) is 0 Å². The van der Waals surface area contributed by atoms with Gasteiger partial charge in [-0.2, -0.15) is 0 Å². The predicted octanol–water partition coefficient (Wildman–Crippen LogP) is 1.08. The topological polar surface area (TPSA) is 50.1 Å². The minimum Gasteiger partial charge on any atom is -0.330 e. The molecule has 0 bridgehead atoms. The summed E-state index contributed by atoms with van der Waals surface area (Å²) >= 11 is 0. The fraction of sp³-hybridized carbons (Fsp3) is 0.455. The van der Waals surface area contributed by atoms with Crippen molar-refractivity contribution in [2.24, 2.45) is 5.73 Å². The van der Waals surface area contributed by atoms with Gasteiger partial charge in [0.2, 0.25) is 0 Å². The van der Waals surface area contributed by atoms with Gasteiger partial charge in [-0.3, -0.25) is 10.9 Å². The molecular formula is C11H16FN3. The van der Waals surface area contributed by atoms with Crippen LogP contribution in [-0.4, -0.2) is 12.6 Å². The largest absolute Gasteiger partial charge is 0.330 e. The summed E-state index contributed by atoms with van der Waals surface area (Å²) in [7, 11) is 0. The molecule has 2 rings (SSSR count). The van der Waals surface area contributed by atoms with Crippen molar-refractivity contribution in [3.63, 3.8) is 0 Å². The van der Waals surface area contributed by atoms with Crippen molar-refractivity contribution in [2.75, 3.05) is 6.54 Å². The number of benzene rings is 1. The van der Waals surface area contributed by atoms with Crippen molar-refractivity contribution in [3.05, 3.63) is 35.6 Å². The van der Waals surface area contributed by atoms with Gasteiger partial charge in [-0.25, -0.2) is 4.39 Å². The van der Waals surface area contributed by atoms with Crippen LogP contribution < -0.4 is 16.6 Å². The fourth-order valence-corrected chi connectivity index (χ4v) is 1.93. The van der Waals surface area contributed by atoms with Gasteiger partial charge < -0.3 is 5.73 Å². The number of rotatable bonds is 3. The van der Waals surface area contributed by atoms with Crippen molar-refractivity contribution >= 4 is 0 Å². The molecule has 0 aromatic heterocycles. The molecule has 4 N–H and O–H groups in total. The Kier molecular flexibility index (Phi) is 3.30. The first-order valence-corrected chi connectivity index (χ1v) is 5.26. The van der Waals surface area contributed by atoms with Crippen LogP contribution in [0.15, 0.2) is 24.3 Å². The summed E-state index contributed by atoms with van der Waals surface area (Å²) < 4.78 is 12.7. The molecule has 1 aliphatic rings. The monoisotopic (exact) mass is 209 g/mol. The van der Waals surface area contributed by atoms with Gasteiger partial charge in [0, 0.05) is 12.1 Å². The van der Waals surface area contributed by atoms with Gasteiger partial charge >= 0.3 is 0 Å². The predicted molar refractivity (Wildman–Crippen MR) is 57.5 cm³/mol. The highest BCUT2D eigenvalue weighted by Gasteiger charge is 2.23. The molecule has 0 spiro atoms. The molecule has 15 heavy (non-hydrogen) atoms. The van der Waals surface area contributed by atoms with Crippen LogP contribution in [0.25, 0.3) is 0 Å². The molecule has 0 saturated carbocycles. The first kappa shape index (κ1) is 10.5. The maximum Gasteiger partial charge on any atom is 0.123 e. The molecule has 1 fully saturated rings. The van der Waals surface area contributed by atoms with E-state index in [0.717, 1.165) is 18.4 Å². The van der Waals surface area contributed by atoms with Gasteiger partial charge in [0.25, 0.3) is 0 Å². The van der Waals surface area contributed by atoms with E-state index in [4.69, 9.17) is 5.73 Å². The number of nitrogens with two attached hydrogens (primary N) is 1. The smallest absolute Gasteiger partial charge is 0.123 e. The third-order valence-corrected chi connectivity index (χ3v) is 2.77. The second-order valence-electron chi connectivity index (χ2n) is 3.90. The fourth-order valence-electron chi connectivity index (χ4n) is 1.93. The van der Waals surface area contributed by atoms with E-state index in [1.165, 1.54) is 12.1 Å². The maximum atomic E-state index is 12.7. The first-order valence-electron chi connectivity index (χ1n) is 5.26. The molecule has 82 valence electrons. The quantitative estimate of drug-likeness (QED) is 0.698. The second kappa shape index (κ2) is 4.70. The highest BCUT2D eigenvalue weighted by atomic mass is 19.1. The average molecular weight is 209 g/mol. The Bertz CT molecular complexity index is 312. The van der Waals surface area contributed by atoms with E-state index in [-0.39, 0.29) is 11.9 Å². The zero-order valence-electron chi connectivity index (χ0n) is 8.54. The van der Waals surface area contributed by atoms with Gasteiger partial charge in [-0.15, -0.1) is 0 Å². The van der Waals surface area contributed by atoms with Gasteiger partial charge in [-0.1, -0.05) is 12.1 Å². The van der Waals surface area contributed by atoms with Crippen LogP contribution in [0.4, 0.5) is 4.39 Å². The van der Waals surface area contributed by atoms with Gasteiger partial charge in [0.05, 0.1) is 0 Å². The van der Waals surface area contributed by atoms with Crippen LogP contribution in [0.1, 0.15) is 24.4 Å². The third-order valence-electron chi connectivity index (χ3n) is 2.77. The van der Waals surface area contributed by atoms with Crippen molar-refractivity contribution in [3.8, 4) is 0 Å². The van der Waals surface area contributed by atoms with Crippen molar-refractivity contribution in [1.82, 2.24) is 10.9 Å². The van der Waals surface area contributed by atoms with Gasteiger partial charge in [0.1, 0.15) is 5.82 Å². The Morgan fingerprint density at radius 2 is 2.00 bits per heavy atom. The Balaban J connectivity index is 1.98. The molecule has 4 heteroatoms. The lowest BCUT2D eigenvalue weighted by Crippen LogP contribution is -2.32. The zero-order chi connectivity index (χ0) is 10.7. The van der Waals surface area contributed by atoms with E-state index in [1.54, 1.807) is 0 Å². The Morgan fingerprint density at radius 1 is 1.27 bits per heavy atom. The highest BCUT2D eigenvalue weighted by molar-refractivity contribution is 5.20. The first-order chi connectivity index (χ1) is 7.29. The number of nitrogens with one attached hydrogen (secondary N) is 2. The third kappa shape index (κ3) is 2.53. The van der Waals surface area contributed by atoms with Crippen LogP contribution in [0.5, 0.6) is 0 Å². The number of hydrogen-bond acceptors (Lipinski definition) is 3. The molecular weight excluding hydrogens is 193 g/mol. The van der Waals surface area contributed by atoms with Crippen molar-refractivity contribution < 1.29 is 4.39 Å². The lowest BCUT2D eigenvalue weighted by Gasteiger charge is -2.09. The molecule has 0 aliphatic carbocycles. The van der Waals surface area contributed by atoms with Crippen LogP contribution in [0.3, 0.4) is 0 Å². The second-order valence-corrected chi connectivity index (χ2v) is 3.90. The molecule has 2 atom stereocenters. The standard InChI is InChI=1S/C11H16FN3/c12-9-3-1-8(2-4-9)11-7-10(5-6-13)14-15-11/h1-4,10-11,14-15H,5-7,13H2. The van der Waals surface area contributed by atoms with E-state index < -0.39 is 0 Å².